The molecule has 15 aromatic carbocycles. The van der Waals surface area contributed by atoms with Crippen molar-refractivity contribution in [2.45, 2.75) is 161 Å². The van der Waals surface area contributed by atoms with Crippen molar-refractivity contribution in [2.75, 3.05) is 60.0 Å². The van der Waals surface area contributed by atoms with Crippen LogP contribution in [0.5, 0.6) is 28.7 Å². The molecule has 0 atom stereocenters. The highest BCUT2D eigenvalue weighted by atomic mass is 32.2. The molecule has 0 heterocycles. The molecule has 0 saturated carbocycles. The van der Waals surface area contributed by atoms with E-state index in [4.69, 9.17) is 47.4 Å². The van der Waals surface area contributed by atoms with Gasteiger partial charge in [-0.25, -0.2) is 0 Å². The fraction of sp³-hybridized carbons (Fsp3) is 0.196. The third-order valence-corrected chi connectivity index (χ3v) is 30.1. The zero-order valence-electron chi connectivity index (χ0n) is 74.5. The van der Waals surface area contributed by atoms with Crippen LogP contribution in [0.25, 0.3) is 0 Å². The van der Waals surface area contributed by atoms with E-state index in [1.807, 2.05) is 91.8 Å². The first-order valence-electron chi connectivity index (χ1n) is 43.2. The number of benzene rings is 15. The fourth-order valence-electron chi connectivity index (χ4n) is 13.0. The summed E-state index contributed by atoms with van der Waals surface area (Å²) in [4.78, 5) is 19.6. The molecule has 15 aromatic rings. The number of hydrogen-bond acceptors (Lipinski definition) is 10. The van der Waals surface area contributed by atoms with E-state index in [9.17, 15) is 0 Å². The lowest BCUT2D eigenvalue weighted by Crippen LogP contribution is -2.11. The van der Waals surface area contributed by atoms with E-state index in [1.165, 1.54) is 73.4 Å². The zero-order valence-corrected chi connectivity index (χ0v) is 78.6. The summed E-state index contributed by atoms with van der Waals surface area (Å²) in [5.41, 5.74) is 2.28. The molecule has 0 spiro atoms. The van der Waals surface area contributed by atoms with E-state index in [0.29, 0.717) is 39.8 Å². The summed E-state index contributed by atoms with van der Waals surface area (Å²) in [7, 11) is -0.612. The van der Waals surface area contributed by atoms with E-state index in [0.717, 1.165) is 46.5 Å². The van der Waals surface area contributed by atoms with Crippen LogP contribution >= 0.6 is 0 Å². The first kappa shape index (κ1) is 96.5. The smallest absolute Gasteiger partial charge is 0.189 e. The molecule has 652 valence electrons. The Balaban J connectivity index is 0.000000154. The summed E-state index contributed by atoms with van der Waals surface area (Å²) in [5.74, 6) is 4.34. The molecule has 0 amide bonds. The molecule has 0 aliphatic carbocycles. The van der Waals surface area contributed by atoms with E-state index in [-0.39, 0.29) is 86.4 Å². The van der Waals surface area contributed by atoms with Gasteiger partial charge in [0.25, 0.3) is 0 Å². The average molecular weight is 1790 g/mol. The van der Waals surface area contributed by atoms with Crippen LogP contribution in [0.4, 0.5) is 0 Å². The molecule has 0 unspecified atom stereocenters. The molecule has 0 bridgehead atoms. The lowest BCUT2D eigenvalue weighted by atomic mass is 10.1. The Bertz CT molecular complexity index is 5240. The van der Waals surface area contributed by atoms with Crippen molar-refractivity contribution < 1.29 is 47.4 Å². The van der Waals surface area contributed by atoms with Gasteiger partial charge in [-0.1, -0.05) is 182 Å². The van der Waals surface area contributed by atoms with Crippen molar-refractivity contribution in [1.82, 2.24) is 0 Å². The van der Waals surface area contributed by atoms with Crippen molar-refractivity contribution in [2.24, 2.45) is 0 Å². The minimum Gasteiger partial charge on any atom is -0.491 e. The second kappa shape index (κ2) is 54.1. The van der Waals surface area contributed by atoms with E-state index in [1.54, 1.807) is 0 Å². The Morgan fingerprint density at radius 1 is 0.197 bits per heavy atom. The summed E-state index contributed by atoms with van der Waals surface area (Å²) in [6.45, 7) is 24.9. The summed E-state index contributed by atoms with van der Waals surface area (Å²) in [6.07, 6.45) is 0.563. The maximum absolute atomic E-state index is 5.91. The lowest BCUT2D eigenvalue weighted by molar-refractivity contribution is -0.0207. The van der Waals surface area contributed by atoms with E-state index < -0.39 is 0 Å². The predicted molar refractivity (Wildman–Crippen MR) is 526 cm³/mol. The molecule has 0 fully saturated rings. The van der Waals surface area contributed by atoms with Crippen LogP contribution in [0.2, 0.25) is 0 Å². The second-order valence-electron chi connectivity index (χ2n) is 29.5. The Hall–Kier alpha value is -11.2. The van der Waals surface area contributed by atoms with Gasteiger partial charge in [0.05, 0.1) is 86.0 Å². The molecule has 0 saturated heterocycles. The van der Waals surface area contributed by atoms with E-state index >= 15 is 0 Å². The van der Waals surface area contributed by atoms with Gasteiger partial charge in [-0.2, -0.15) is 0 Å². The molecule has 0 aromatic heterocycles. The molecular weight excluding hydrogens is 1670 g/mol. The Morgan fingerprint density at radius 2 is 0.402 bits per heavy atom. The Morgan fingerprint density at radius 3 is 0.638 bits per heavy atom. The van der Waals surface area contributed by atoms with Crippen molar-refractivity contribution >= 4 is 54.5 Å². The van der Waals surface area contributed by atoms with Gasteiger partial charge in [0.15, 0.2) is 93.8 Å². The first-order valence-corrected chi connectivity index (χ1v) is 49.3. The maximum Gasteiger partial charge on any atom is 0.189 e. The predicted octanol–water partition coefficient (Wildman–Crippen LogP) is 27.6. The van der Waals surface area contributed by atoms with Gasteiger partial charge in [0, 0.05) is 25.3 Å². The van der Waals surface area contributed by atoms with Gasteiger partial charge in [-0.15, -0.1) is 0 Å². The molecular formula is C112H119O10S5+5. The molecule has 0 radical (unpaired) electrons. The standard InChI is InChI=1S/C24H27O2S.C23H25O2S.2C22H23O2S.C21H21O2S/c1-18(2)25-17-26-24-19(3)15-23(16-20(24)4)27(21-11-7-5-8-12-21)22-13-9-6-10-14-22;1-19(2)24-17-18-25-20-13-15-23(16-14-20)26(21-9-5-3-6-10-21)22-11-7-4-8-12-22;1-18(2)23-17-24-19-13-15-22(16-14-19)25(20-9-5-3-6-10-20)21-11-7-4-8-12-21;1-2-23-17-18-24-19-13-15-22(16-14-19)25(20-9-5-3-6-10-20)21-11-7-4-8-12-21;1-2-22-17-23-18-13-15-21(16-14-18)24(19-9-5-3-6-10-19)20-11-7-4-8-12-20/h5-16,18H,17H2,1-4H3;3-16,19H,17-18H2,1-2H3;3-16,18H,17H2,1-2H3;3-16H,2,17-18H2,1H3;3-16H,2,17H2,1H3/q5*+1. The second-order valence-corrected chi connectivity index (χ2v) is 39.6. The maximum atomic E-state index is 5.91. The topological polar surface area (TPSA) is 92.3 Å². The van der Waals surface area contributed by atoms with Crippen LogP contribution in [0, 0.1) is 13.8 Å². The minimum absolute atomic E-state index is 0.112. The van der Waals surface area contributed by atoms with Gasteiger partial charge >= 0.3 is 0 Å². The molecule has 0 aliphatic heterocycles. The fourth-order valence-corrected chi connectivity index (χ4v) is 23.6. The van der Waals surface area contributed by atoms with Gasteiger partial charge in [0.1, 0.15) is 42.0 Å². The Kier molecular flexibility index (Phi) is 41.1. The monoisotopic (exact) mass is 1780 g/mol. The summed E-state index contributed by atoms with van der Waals surface area (Å²) < 4.78 is 55.7. The summed E-state index contributed by atoms with van der Waals surface area (Å²) in [5, 5.41) is 0. The summed E-state index contributed by atoms with van der Waals surface area (Å²) in [6, 6.07) is 145. The van der Waals surface area contributed by atoms with Gasteiger partial charge in [-0.05, 0) is 299 Å². The van der Waals surface area contributed by atoms with Crippen LogP contribution < -0.4 is 23.7 Å². The first-order chi connectivity index (χ1) is 62.3. The van der Waals surface area contributed by atoms with E-state index in [2.05, 4.69) is 390 Å². The summed E-state index contributed by atoms with van der Waals surface area (Å²) >= 11 is 0. The molecule has 15 rings (SSSR count). The van der Waals surface area contributed by atoms with Gasteiger partial charge < -0.3 is 47.4 Å². The highest BCUT2D eigenvalue weighted by Gasteiger charge is 2.34. The third-order valence-electron chi connectivity index (χ3n) is 18.9. The minimum atomic E-state index is -0.143. The highest BCUT2D eigenvalue weighted by molar-refractivity contribution is 7.98. The van der Waals surface area contributed by atoms with Crippen LogP contribution in [0.15, 0.2) is 486 Å². The quantitative estimate of drug-likeness (QED) is 0.0213. The van der Waals surface area contributed by atoms with Crippen molar-refractivity contribution in [3.63, 3.8) is 0 Å². The van der Waals surface area contributed by atoms with Crippen LogP contribution in [0.3, 0.4) is 0 Å². The number of hydrogen-bond donors (Lipinski definition) is 0. The van der Waals surface area contributed by atoms with Crippen molar-refractivity contribution in [1.29, 1.82) is 0 Å². The largest absolute Gasteiger partial charge is 0.491 e. The van der Waals surface area contributed by atoms with Gasteiger partial charge in [0.2, 0.25) is 0 Å². The molecule has 0 aliphatic rings. The normalized spacial score (nSPS) is 11.0. The van der Waals surface area contributed by atoms with Crippen molar-refractivity contribution in [3.8, 4) is 28.7 Å². The van der Waals surface area contributed by atoms with Crippen LogP contribution in [-0.2, 0) is 78.2 Å². The molecule has 0 N–H and O–H groups in total. The van der Waals surface area contributed by atoms with Crippen LogP contribution in [0.1, 0.15) is 66.5 Å². The number of ether oxygens (including phenoxy) is 10. The number of aryl methyl sites for hydroxylation is 2. The third kappa shape index (κ3) is 31.7. The SMILES string of the molecule is CC(C)OCCOc1ccc([S+](c2ccccc2)c2ccccc2)cc1.CC(C)OCOc1ccc([S+](c2ccccc2)c2ccccc2)cc1.CCOCCOc1ccc([S+](c2ccccc2)c2ccccc2)cc1.CCOCOc1ccc([S+](c2ccccc2)c2ccccc2)cc1.Cc1cc([S+](c2ccccc2)c2ccccc2)cc(C)c1OCOC(C)C. The zero-order chi connectivity index (χ0) is 88.8. The number of rotatable bonds is 37. The molecule has 15 heteroatoms. The van der Waals surface area contributed by atoms with Crippen LogP contribution in [-0.4, -0.2) is 78.3 Å². The lowest BCUT2D eigenvalue weighted by Gasteiger charge is -2.15. The highest BCUT2D eigenvalue weighted by Crippen LogP contribution is 2.39. The molecule has 10 nitrogen and oxygen atoms in total. The van der Waals surface area contributed by atoms with Gasteiger partial charge in [-0.3, -0.25) is 0 Å². The average Bonchev–Trinajstić information content (AvgIpc) is 1.27. The van der Waals surface area contributed by atoms with Crippen molar-refractivity contribution in [3.05, 3.63) is 424 Å². The molecule has 127 heavy (non-hydrogen) atoms. The Labute approximate surface area is 769 Å².